The van der Waals surface area contributed by atoms with Crippen LogP contribution < -0.4 is 0 Å². The first-order chi connectivity index (χ1) is 8.20. The summed E-state index contributed by atoms with van der Waals surface area (Å²) in [5.41, 5.74) is -0.320. The summed E-state index contributed by atoms with van der Waals surface area (Å²) in [4.78, 5) is 0. The topological polar surface area (TPSA) is 60.7 Å². The number of fused-ring (bicyclic) bond motifs is 1. The number of aliphatic hydroxyl groups excluding tert-OH is 2. The van der Waals surface area contributed by atoms with Gasteiger partial charge in [-0.1, -0.05) is 27.4 Å². The molecular weight excluding hydrogens is 228 g/mol. The Morgan fingerprint density at radius 3 is 2.44 bits per heavy atom. The Balaban J connectivity index is 2.40. The Morgan fingerprint density at radius 2 is 1.89 bits per heavy atom. The van der Waals surface area contributed by atoms with E-state index in [2.05, 4.69) is 13.5 Å². The smallest absolute Gasteiger partial charge is 0.0753 e. The lowest BCUT2D eigenvalue weighted by Gasteiger charge is -2.42. The van der Waals surface area contributed by atoms with E-state index in [0.29, 0.717) is 24.8 Å². The summed E-state index contributed by atoms with van der Waals surface area (Å²) in [6.45, 7) is 9.97. The van der Waals surface area contributed by atoms with E-state index in [-0.39, 0.29) is 17.3 Å². The van der Waals surface area contributed by atoms with Crippen LogP contribution >= 0.6 is 0 Å². The minimum Gasteiger partial charge on any atom is -0.392 e. The molecule has 3 nitrogen and oxygen atoms in total. The quantitative estimate of drug-likeness (QED) is 0.626. The van der Waals surface area contributed by atoms with Crippen LogP contribution in [-0.4, -0.2) is 33.1 Å². The molecule has 2 fully saturated rings. The summed E-state index contributed by atoms with van der Waals surface area (Å²) < 4.78 is 0. The molecule has 0 unspecified atom stereocenters. The van der Waals surface area contributed by atoms with Gasteiger partial charge in [-0.25, -0.2) is 0 Å². The minimum absolute atomic E-state index is 0.113. The average molecular weight is 254 g/mol. The van der Waals surface area contributed by atoms with Gasteiger partial charge in [-0.15, -0.1) is 0 Å². The Labute approximate surface area is 110 Å². The van der Waals surface area contributed by atoms with Crippen LogP contribution in [0.5, 0.6) is 0 Å². The molecule has 2 saturated carbocycles. The first kappa shape index (κ1) is 14.0. The van der Waals surface area contributed by atoms with Gasteiger partial charge in [0.1, 0.15) is 0 Å². The predicted octanol–water partition coefficient (Wildman–Crippen LogP) is 1.86. The van der Waals surface area contributed by atoms with E-state index >= 15 is 0 Å². The molecule has 18 heavy (non-hydrogen) atoms. The molecule has 3 heteroatoms. The third kappa shape index (κ3) is 1.93. The molecule has 0 aliphatic heterocycles. The van der Waals surface area contributed by atoms with Crippen LogP contribution in [0.25, 0.3) is 0 Å². The molecule has 0 heterocycles. The van der Waals surface area contributed by atoms with Crippen LogP contribution in [0, 0.1) is 17.3 Å². The van der Waals surface area contributed by atoms with Gasteiger partial charge in [-0.3, -0.25) is 0 Å². The molecule has 2 rings (SSSR count). The van der Waals surface area contributed by atoms with Gasteiger partial charge >= 0.3 is 0 Å². The third-order valence-corrected chi connectivity index (χ3v) is 5.37. The summed E-state index contributed by atoms with van der Waals surface area (Å²) in [5, 5.41) is 31.5. The Bertz CT molecular complexity index is 352. The SMILES string of the molecule is C=C1C[C@H](O)[C@@H]2[C@](C)(CC[C@@]2(O)C(C)C)C[C@@H]1O. The first-order valence-corrected chi connectivity index (χ1v) is 6.97. The maximum atomic E-state index is 10.9. The van der Waals surface area contributed by atoms with Gasteiger partial charge in [0.15, 0.2) is 0 Å². The van der Waals surface area contributed by atoms with Gasteiger partial charge in [0.2, 0.25) is 0 Å². The van der Waals surface area contributed by atoms with E-state index in [1.165, 1.54) is 0 Å². The molecule has 0 saturated heterocycles. The molecule has 3 N–H and O–H groups in total. The summed E-state index contributed by atoms with van der Waals surface area (Å²) in [6.07, 6.45) is 1.41. The summed E-state index contributed by atoms with van der Waals surface area (Å²) >= 11 is 0. The fraction of sp³-hybridized carbons (Fsp3) is 0.867. The lowest BCUT2D eigenvalue weighted by atomic mass is 9.68. The molecule has 2 aliphatic rings. The second-order valence-corrected chi connectivity index (χ2v) is 6.93. The second kappa shape index (κ2) is 4.32. The zero-order chi connectivity index (χ0) is 13.7. The molecule has 104 valence electrons. The fourth-order valence-electron chi connectivity index (χ4n) is 4.18. The largest absolute Gasteiger partial charge is 0.392 e. The molecule has 0 spiro atoms. The second-order valence-electron chi connectivity index (χ2n) is 6.93. The highest BCUT2D eigenvalue weighted by molar-refractivity contribution is 5.16. The molecule has 0 radical (unpaired) electrons. The van der Waals surface area contributed by atoms with Crippen molar-refractivity contribution in [2.24, 2.45) is 17.3 Å². The van der Waals surface area contributed by atoms with E-state index in [1.807, 2.05) is 13.8 Å². The van der Waals surface area contributed by atoms with Crippen molar-refractivity contribution >= 4 is 0 Å². The molecule has 5 atom stereocenters. The monoisotopic (exact) mass is 254 g/mol. The van der Waals surface area contributed by atoms with Crippen molar-refractivity contribution in [1.29, 1.82) is 0 Å². The van der Waals surface area contributed by atoms with Crippen LogP contribution in [0.3, 0.4) is 0 Å². The van der Waals surface area contributed by atoms with Crippen LogP contribution in [0.1, 0.15) is 46.5 Å². The fourth-order valence-corrected chi connectivity index (χ4v) is 4.18. The molecule has 0 amide bonds. The normalized spacial score (nSPS) is 49.3. The van der Waals surface area contributed by atoms with E-state index in [4.69, 9.17) is 0 Å². The molecule has 0 aromatic carbocycles. The van der Waals surface area contributed by atoms with Gasteiger partial charge in [-0.2, -0.15) is 0 Å². The predicted molar refractivity (Wildman–Crippen MR) is 71.0 cm³/mol. The highest BCUT2D eigenvalue weighted by Crippen LogP contribution is 2.58. The Morgan fingerprint density at radius 1 is 1.28 bits per heavy atom. The van der Waals surface area contributed by atoms with Crippen LogP contribution in [0.2, 0.25) is 0 Å². The third-order valence-electron chi connectivity index (χ3n) is 5.37. The zero-order valence-corrected chi connectivity index (χ0v) is 11.7. The first-order valence-electron chi connectivity index (χ1n) is 6.97. The van der Waals surface area contributed by atoms with Crippen molar-refractivity contribution in [2.45, 2.75) is 64.3 Å². The lowest BCUT2D eigenvalue weighted by molar-refractivity contribution is -0.109. The summed E-state index contributed by atoms with van der Waals surface area (Å²) in [6, 6.07) is 0. The molecular formula is C15H26O3. The number of aliphatic hydroxyl groups is 3. The highest BCUT2D eigenvalue weighted by atomic mass is 16.3. The summed E-state index contributed by atoms with van der Waals surface area (Å²) in [5.74, 6) is -0.0543. The number of hydrogen-bond acceptors (Lipinski definition) is 3. The van der Waals surface area contributed by atoms with Crippen molar-refractivity contribution in [1.82, 2.24) is 0 Å². The maximum absolute atomic E-state index is 10.9. The number of rotatable bonds is 1. The van der Waals surface area contributed by atoms with E-state index in [0.717, 1.165) is 6.42 Å². The maximum Gasteiger partial charge on any atom is 0.0753 e. The van der Waals surface area contributed by atoms with Crippen LogP contribution in [0.15, 0.2) is 12.2 Å². The Hall–Kier alpha value is -0.380. The van der Waals surface area contributed by atoms with Crippen molar-refractivity contribution < 1.29 is 15.3 Å². The van der Waals surface area contributed by atoms with Crippen LogP contribution in [-0.2, 0) is 0 Å². The molecule has 2 aliphatic carbocycles. The van der Waals surface area contributed by atoms with Gasteiger partial charge in [0.25, 0.3) is 0 Å². The number of hydrogen-bond donors (Lipinski definition) is 3. The molecule has 0 aromatic rings. The van der Waals surface area contributed by atoms with Crippen molar-refractivity contribution in [3.8, 4) is 0 Å². The van der Waals surface area contributed by atoms with E-state index in [9.17, 15) is 15.3 Å². The van der Waals surface area contributed by atoms with E-state index in [1.54, 1.807) is 0 Å². The van der Waals surface area contributed by atoms with Crippen LogP contribution in [0.4, 0.5) is 0 Å². The van der Waals surface area contributed by atoms with Gasteiger partial charge in [-0.05, 0) is 42.6 Å². The standard InChI is InChI=1S/C15H26O3/c1-9(2)15(18)6-5-14(4)8-12(17)10(3)7-11(16)13(14)15/h9,11-13,16-18H,3,5-8H2,1-2,4H3/t11-,12-,13+,14+,15+/m0/s1. The van der Waals surface area contributed by atoms with Gasteiger partial charge < -0.3 is 15.3 Å². The van der Waals surface area contributed by atoms with Crippen molar-refractivity contribution in [3.63, 3.8) is 0 Å². The summed E-state index contributed by atoms with van der Waals surface area (Å²) in [7, 11) is 0. The molecule has 0 bridgehead atoms. The van der Waals surface area contributed by atoms with E-state index < -0.39 is 17.8 Å². The zero-order valence-electron chi connectivity index (χ0n) is 11.7. The van der Waals surface area contributed by atoms with Crippen molar-refractivity contribution in [2.75, 3.05) is 0 Å². The van der Waals surface area contributed by atoms with Crippen molar-refractivity contribution in [3.05, 3.63) is 12.2 Å². The lowest BCUT2D eigenvalue weighted by Crippen LogP contribution is -2.49. The Kier molecular flexibility index (Phi) is 3.37. The molecule has 0 aromatic heterocycles. The van der Waals surface area contributed by atoms with Gasteiger partial charge in [0, 0.05) is 5.92 Å². The van der Waals surface area contributed by atoms with Gasteiger partial charge in [0.05, 0.1) is 17.8 Å². The highest BCUT2D eigenvalue weighted by Gasteiger charge is 2.59. The average Bonchev–Trinajstić information content (AvgIpc) is 2.47. The minimum atomic E-state index is -0.821.